The number of pyridine rings is 1. The monoisotopic (exact) mass is 283 g/mol. The van der Waals surface area contributed by atoms with Gasteiger partial charge in [-0.25, -0.2) is 18.1 Å². The Morgan fingerprint density at radius 3 is 2.95 bits per heavy atom. The fraction of sp³-hybridized carbons (Fsp3) is 0.615. The Morgan fingerprint density at radius 2 is 2.26 bits per heavy atom. The van der Waals surface area contributed by atoms with Gasteiger partial charge in [-0.05, 0) is 36.8 Å². The second-order valence-corrected chi connectivity index (χ2v) is 7.07. The minimum Gasteiger partial charge on any atom is -0.396 e. The fourth-order valence-electron chi connectivity index (χ4n) is 2.67. The first-order valence-electron chi connectivity index (χ1n) is 6.69. The van der Waals surface area contributed by atoms with Crippen molar-refractivity contribution in [1.29, 1.82) is 0 Å². The van der Waals surface area contributed by atoms with Crippen LogP contribution in [0.5, 0.6) is 0 Å². The molecule has 1 aliphatic rings. The molecule has 1 aliphatic carbocycles. The Morgan fingerprint density at radius 1 is 1.47 bits per heavy atom. The number of hydrogen-bond acceptors (Lipinski definition) is 4. The van der Waals surface area contributed by atoms with Crippen LogP contribution in [0, 0.1) is 11.8 Å². The highest BCUT2D eigenvalue weighted by molar-refractivity contribution is 7.89. The lowest BCUT2D eigenvalue weighted by atomic mass is 9.83. The van der Waals surface area contributed by atoms with E-state index in [-0.39, 0.29) is 10.7 Å². The van der Waals surface area contributed by atoms with Gasteiger partial charge in [0.2, 0.25) is 0 Å². The molecule has 0 radical (unpaired) electrons. The predicted octanol–water partition coefficient (Wildman–Crippen LogP) is 1.77. The Balaban J connectivity index is 2.00. The van der Waals surface area contributed by atoms with Crippen molar-refractivity contribution in [1.82, 2.24) is 9.71 Å². The highest BCUT2D eigenvalue weighted by atomic mass is 32.2. The summed E-state index contributed by atoms with van der Waals surface area (Å²) in [6.45, 7) is 2.69. The van der Waals surface area contributed by atoms with E-state index in [1.165, 1.54) is 19.0 Å². The van der Waals surface area contributed by atoms with Crippen molar-refractivity contribution >= 4 is 15.7 Å². The molecule has 0 aliphatic heterocycles. The molecule has 0 aromatic carbocycles. The SMILES string of the molecule is CC1CCCC(CNS(=O)(=O)c2ncccc2N)C1. The average molecular weight is 283 g/mol. The molecule has 0 bridgehead atoms. The molecule has 19 heavy (non-hydrogen) atoms. The summed E-state index contributed by atoms with van der Waals surface area (Å²) in [6.07, 6.45) is 6.04. The lowest BCUT2D eigenvalue weighted by molar-refractivity contribution is 0.283. The van der Waals surface area contributed by atoms with Crippen molar-refractivity contribution in [3.8, 4) is 0 Å². The van der Waals surface area contributed by atoms with E-state index in [4.69, 9.17) is 5.73 Å². The van der Waals surface area contributed by atoms with Crippen LogP contribution < -0.4 is 10.5 Å². The van der Waals surface area contributed by atoms with Crippen LogP contribution >= 0.6 is 0 Å². The smallest absolute Gasteiger partial charge is 0.260 e. The lowest BCUT2D eigenvalue weighted by Gasteiger charge is -2.26. The number of nitrogen functional groups attached to an aromatic ring is 1. The van der Waals surface area contributed by atoms with Gasteiger partial charge in [-0.1, -0.05) is 19.8 Å². The third kappa shape index (κ3) is 3.67. The summed E-state index contributed by atoms with van der Waals surface area (Å²) < 4.78 is 26.9. The maximum atomic E-state index is 12.1. The van der Waals surface area contributed by atoms with Gasteiger partial charge in [-0.2, -0.15) is 0 Å². The van der Waals surface area contributed by atoms with E-state index < -0.39 is 10.0 Å². The van der Waals surface area contributed by atoms with Crippen LogP contribution in [0.3, 0.4) is 0 Å². The number of aromatic nitrogens is 1. The van der Waals surface area contributed by atoms with Gasteiger partial charge in [0.1, 0.15) is 0 Å². The minimum absolute atomic E-state index is 0.0705. The summed E-state index contributed by atoms with van der Waals surface area (Å²) >= 11 is 0. The highest BCUT2D eigenvalue weighted by Crippen LogP contribution is 2.28. The molecule has 1 saturated carbocycles. The predicted molar refractivity (Wildman–Crippen MR) is 75.0 cm³/mol. The highest BCUT2D eigenvalue weighted by Gasteiger charge is 2.23. The molecule has 106 valence electrons. The van der Waals surface area contributed by atoms with Crippen molar-refractivity contribution in [2.24, 2.45) is 11.8 Å². The third-order valence-corrected chi connectivity index (χ3v) is 5.06. The number of anilines is 1. The van der Waals surface area contributed by atoms with Crippen LogP contribution in [-0.2, 0) is 10.0 Å². The van der Waals surface area contributed by atoms with Crippen molar-refractivity contribution < 1.29 is 8.42 Å². The van der Waals surface area contributed by atoms with Crippen molar-refractivity contribution in [3.05, 3.63) is 18.3 Å². The van der Waals surface area contributed by atoms with Crippen LogP contribution in [0.1, 0.15) is 32.6 Å². The first-order chi connectivity index (χ1) is 8.99. The maximum absolute atomic E-state index is 12.1. The van der Waals surface area contributed by atoms with Crippen LogP contribution in [0.25, 0.3) is 0 Å². The molecule has 1 heterocycles. The van der Waals surface area contributed by atoms with Gasteiger partial charge >= 0.3 is 0 Å². The topological polar surface area (TPSA) is 85.1 Å². The number of nitrogens with one attached hydrogen (secondary N) is 1. The molecule has 5 nitrogen and oxygen atoms in total. The molecule has 6 heteroatoms. The molecule has 0 saturated heterocycles. The molecule has 2 atom stereocenters. The third-order valence-electron chi connectivity index (χ3n) is 3.66. The maximum Gasteiger partial charge on any atom is 0.260 e. The second kappa shape index (κ2) is 5.88. The minimum atomic E-state index is -3.59. The zero-order valence-electron chi connectivity index (χ0n) is 11.2. The van der Waals surface area contributed by atoms with Gasteiger partial charge in [0.05, 0.1) is 5.69 Å². The van der Waals surface area contributed by atoms with Gasteiger partial charge in [0.25, 0.3) is 10.0 Å². The van der Waals surface area contributed by atoms with Gasteiger partial charge < -0.3 is 5.73 Å². The molecule has 3 N–H and O–H groups in total. The summed E-state index contributed by atoms with van der Waals surface area (Å²) in [5.74, 6) is 1.10. The quantitative estimate of drug-likeness (QED) is 0.882. The summed E-state index contributed by atoms with van der Waals surface area (Å²) in [4.78, 5) is 3.85. The van der Waals surface area contributed by atoms with E-state index in [1.54, 1.807) is 12.1 Å². The summed E-state index contributed by atoms with van der Waals surface area (Å²) in [6, 6.07) is 3.17. The van der Waals surface area contributed by atoms with Crippen LogP contribution in [0.4, 0.5) is 5.69 Å². The Labute approximate surface area is 114 Å². The van der Waals surface area contributed by atoms with E-state index in [1.807, 2.05) is 0 Å². The van der Waals surface area contributed by atoms with Crippen molar-refractivity contribution in [2.75, 3.05) is 12.3 Å². The molecular weight excluding hydrogens is 262 g/mol. The molecule has 2 unspecified atom stereocenters. The van der Waals surface area contributed by atoms with Crippen LogP contribution in [0.15, 0.2) is 23.4 Å². The fourth-order valence-corrected chi connectivity index (χ4v) is 3.84. The first-order valence-corrected chi connectivity index (χ1v) is 8.17. The van der Waals surface area contributed by atoms with E-state index in [0.29, 0.717) is 18.4 Å². The van der Waals surface area contributed by atoms with Gasteiger partial charge in [-0.15, -0.1) is 0 Å². The molecule has 1 aromatic rings. The zero-order valence-corrected chi connectivity index (χ0v) is 12.0. The first kappa shape index (κ1) is 14.3. The van der Waals surface area contributed by atoms with Crippen molar-refractivity contribution in [2.45, 2.75) is 37.6 Å². The molecule has 1 fully saturated rings. The standard InChI is InChI=1S/C13H21N3O2S/c1-10-4-2-5-11(8-10)9-16-19(17,18)13-12(14)6-3-7-15-13/h3,6-7,10-11,16H,2,4-5,8-9,14H2,1H3. The lowest BCUT2D eigenvalue weighted by Crippen LogP contribution is -2.32. The molecule has 1 aromatic heterocycles. The van der Waals surface area contributed by atoms with Crippen LogP contribution in [-0.4, -0.2) is 19.9 Å². The van der Waals surface area contributed by atoms with E-state index in [2.05, 4.69) is 16.6 Å². The zero-order chi connectivity index (χ0) is 13.9. The largest absolute Gasteiger partial charge is 0.396 e. The average Bonchev–Trinajstić information content (AvgIpc) is 2.37. The normalized spacial score (nSPS) is 24.3. The Hall–Kier alpha value is -1.14. The number of nitrogens with two attached hydrogens (primary N) is 1. The number of nitrogens with zero attached hydrogens (tertiary/aromatic N) is 1. The second-order valence-electron chi connectivity index (χ2n) is 5.39. The van der Waals surface area contributed by atoms with Gasteiger partial charge in [0.15, 0.2) is 5.03 Å². The van der Waals surface area contributed by atoms with E-state index in [0.717, 1.165) is 12.8 Å². The summed E-state index contributed by atoms with van der Waals surface area (Å²) in [5.41, 5.74) is 5.84. The van der Waals surface area contributed by atoms with Crippen molar-refractivity contribution in [3.63, 3.8) is 0 Å². The van der Waals surface area contributed by atoms with Gasteiger partial charge in [0, 0.05) is 12.7 Å². The summed E-state index contributed by atoms with van der Waals surface area (Å²) in [7, 11) is -3.59. The number of sulfonamides is 1. The number of rotatable bonds is 4. The van der Waals surface area contributed by atoms with Gasteiger partial charge in [-0.3, -0.25) is 0 Å². The number of hydrogen-bond donors (Lipinski definition) is 2. The van der Waals surface area contributed by atoms with E-state index >= 15 is 0 Å². The Kier molecular flexibility index (Phi) is 4.42. The Bertz CT molecular complexity index is 530. The molecule has 0 spiro atoms. The molecular formula is C13H21N3O2S. The summed E-state index contributed by atoms with van der Waals surface area (Å²) in [5, 5.41) is -0.0705. The van der Waals surface area contributed by atoms with E-state index in [9.17, 15) is 8.42 Å². The van der Waals surface area contributed by atoms with Crippen LogP contribution in [0.2, 0.25) is 0 Å². The molecule has 0 amide bonds. The molecule has 2 rings (SSSR count).